The molecule has 0 amide bonds. The van der Waals surface area contributed by atoms with Crippen LogP contribution in [0.3, 0.4) is 0 Å². The quantitative estimate of drug-likeness (QED) is 0.262. The first kappa shape index (κ1) is 27.2. The van der Waals surface area contributed by atoms with Crippen molar-refractivity contribution in [3.63, 3.8) is 0 Å². The number of hydrogen-bond donors (Lipinski definition) is 3. The maximum atomic E-state index is 12.3. The van der Waals surface area contributed by atoms with Crippen LogP contribution in [0.1, 0.15) is 117 Å². The lowest BCUT2D eigenvalue weighted by Crippen LogP contribution is -2.55. The Bertz CT molecular complexity index is 410. The Balaban J connectivity index is 4.19. The van der Waals surface area contributed by atoms with E-state index in [1.54, 1.807) is 0 Å². The zero-order valence-electron chi connectivity index (χ0n) is 18.3. The molecule has 0 aromatic heterocycles. The van der Waals surface area contributed by atoms with Gasteiger partial charge in [0.15, 0.2) is 23.3 Å². The topological polar surface area (TPSA) is 94.8 Å². The number of carbonyl (C=O) groups excluding carboxylic acids is 2. The smallest absolute Gasteiger partial charge is 0.178 e. The van der Waals surface area contributed by atoms with Gasteiger partial charge in [0, 0.05) is 12.8 Å². The van der Waals surface area contributed by atoms with Crippen LogP contribution < -0.4 is 0 Å². The Morgan fingerprint density at radius 3 is 1.54 bits per heavy atom. The van der Waals surface area contributed by atoms with Gasteiger partial charge in [-0.25, -0.2) is 0 Å². The fraction of sp³-hybridized carbons (Fsp3) is 0.913. The molecule has 0 rings (SSSR count). The van der Waals surface area contributed by atoms with E-state index in [4.69, 9.17) is 0 Å². The number of unbranched alkanes of at least 4 members (excludes halogenated alkanes) is 12. The van der Waals surface area contributed by atoms with E-state index in [0.29, 0.717) is 12.8 Å². The summed E-state index contributed by atoms with van der Waals surface area (Å²) in [7, 11) is 0. The predicted molar refractivity (Wildman–Crippen MR) is 113 cm³/mol. The van der Waals surface area contributed by atoms with Crippen LogP contribution in [-0.4, -0.2) is 45.2 Å². The first-order valence-corrected chi connectivity index (χ1v) is 11.5. The van der Waals surface area contributed by atoms with Crippen molar-refractivity contribution in [1.82, 2.24) is 0 Å². The standard InChI is InChI=1S/C23H44O5/c1-3-5-7-9-11-13-15-17-20(25)22(27)23(28,19-24)21(26)18-16-14-12-10-8-6-4-2/h22,24,27-28H,3-19H2,1-2H3. The van der Waals surface area contributed by atoms with E-state index in [1.807, 2.05) is 0 Å². The first-order chi connectivity index (χ1) is 13.4. The minimum absolute atomic E-state index is 0.0760. The van der Waals surface area contributed by atoms with Gasteiger partial charge >= 0.3 is 0 Å². The predicted octanol–water partition coefficient (Wildman–Crippen LogP) is 4.49. The molecule has 3 N–H and O–H groups in total. The normalized spacial score (nSPS) is 14.6. The summed E-state index contributed by atoms with van der Waals surface area (Å²) in [5.74, 6) is -1.19. The Labute approximate surface area is 171 Å². The highest BCUT2D eigenvalue weighted by atomic mass is 16.4. The van der Waals surface area contributed by atoms with E-state index < -0.39 is 29.9 Å². The molecular weight excluding hydrogens is 356 g/mol. The Hall–Kier alpha value is -0.780. The molecule has 28 heavy (non-hydrogen) atoms. The number of Topliss-reactive ketones (excluding diaryl/α,β-unsaturated/α-hetero) is 2. The van der Waals surface area contributed by atoms with Gasteiger partial charge in [-0.05, 0) is 12.8 Å². The Kier molecular flexibility index (Phi) is 16.6. The van der Waals surface area contributed by atoms with Gasteiger partial charge in [0.05, 0.1) is 6.61 Å². The molecule has 0 heterocycles. The summed E-state index contributed by atoms with van der Waals surface area (Å²) in [6.45, 7) is 3.40. The van der Waals surface area contributed by atoms with Crippen molar-refractivity contribution >= 4 is 11.6 Å². The minimum Gasteiger partial charge on any atom is -0.393 e. The van der Waals surface area contributed by atoms with E-state index in [9.17, 15) is 24.9 Å². The fourth-order valence-electron chi connectivity index (χ4n) is 3.45. The molecule has 0 aliphatic carbocycles. The molecule has 0 spiro atoms. The van der Waals surface area contributed by atoms with Gasteiger partial charge < -0.3 is 15.3 Å². The fourth-order valence-corrected chi connectivity index (χ4v) is 3.45. The molecule has 166 valence electrons. The van der Waals surface area contributed by atoms with Crippen molar-refractivity contribution < 1.29 is 24.9 Å². The maximum Gasteiger partial charge on any atom is 0.178 e. The van der Waals surface area contributed by atoms with Crippen molar-refractivity contribution in [2.45, 2.75) is 128 Å². The molecule has 0 aliphatic rings. The summed E-state index contributed by atoms with van der Waals surface area (Å²) in [5, 5.41) is 30.1. The summed E-state index contributed by atoms with van der Waals surface area (Å²) in [6, 6.07) is 0. The zero-order chi connectivity index (χ0) is 21.3. The summed E-state index contributed by atoms with van der Waals surface area (Å²) in [4.78, 5) is 24.5. The SMILES string of the molecule is CCCCCCCCCC(=O)C(O)C(O)(CO)C(=O)CCCCCCCCC. The average molecular weight is 401 g/mol. The molecule has 2 unspecified atom stereocenters. The second-order valence-electron chi connectivity index (χ2n) is 8.12. The molecule has 0 radical (unpaired) electrons. The van der Waals surface area contributed by atoms with Crippen molar-refractivity contribution in [2.24, 2.45) is 0 Å². The average Bonchev–Trinajstić information content (AvgIpc) is 2.70. The molecule has 0 fully saturated rings. The van der Waals surface area contributed by atoms with E-state index in [-0.39, 0.29) is 12.8 Å². The number of rotatable bonds is 20. The molecule has 2 atom stereocenters. The molecule has 0 aromatic rings. The highest BCUT2D eigenvalue weighted by molar-refractivity contribution is 5.96. The lowest BCUT2D eigenvalue weighted by Gasteiger charge is -2.29. The van der Waals surface area contributed by atoms with Crippen molar-refractivity contribution in [2.75, 3.05) is 6.61 Å². The molecule has 0 aliphatic heterocycles. The maximum absolute atomic E-state index is 12.3. The van der Waals surface area contributed by atoms with E-state index in [2.05, 4.69) is 13.8 Å². The third-order valence-corrected chi connectivity index (χ3v) is 5.52. The monoisotopic (exact) mass is 400 g/mol. The number of aliphatic hydroxyl groups is 3. The Morgan fingerprint density at radius 1 is 0.714 bits per heavy atom. The molecule has 5 nitrogen and oxygen atoms in total. The van der Waals surface area contributed by atoms with Crippen LogP contribution >= 0.6 is 0 Å². The van der Waals surface area contributed by atoms with Crippen LogP contribution in [0.5, 0.6) is 0 Å². The van der Waals surface area contributed by atoms with Crippen LogP contribution in [0.4, 0.5) is 0 Å². The number of hydrogen-bond acceptors (Lipinski definition) is 5. The third kappa shape index (κ3) is 11.3. The summed E-state index contributed by atoms with van der Waals surface area (Å²) in [5.41, 5.74) is -2.36. The van der Waals surface area contributed by atoms with E-state index in [1.165, 1.54) is 38.5 Å². The van der Waals surface area contributed by atoms with Crippen LogP contribution in [0, 0.1) is 0 Å². The molecule has 0 saturated carbocycles. The minimum atomic E-state index is -2.36. The molecule has 0 bridgehead atoms. The molecule has 0 saturated heterocycles. The van der Waals surface area contributed by atoms with Crippen LogP contribution in [-0.2, 0) is 9.59 Å². The lowest BCUT2D eigenvalue weighted by atomic mass is 9.85. The third-order valence-electron chi connectivity index (χ3n) is 5.52. The molecule has 0 aromatic carbocycles. The van der Waals surface area contributed by atoms with Gasteiger partial charge in [-0.15, -0.1) is 0 Å². The van der Waals surface area contributed by atoms with Crippen LogP contribution in [0.2, 0.25) is 0 Å². The zero-order valence-corrected chi connectivity index (χ0v) is 18.3. The lowest BCUT2D eigenvalue weighted by molar-refractivity contribution is -0.165. The van der Waals surface area contributed by atoms with Gasteiger partial charge in [0.2, 0.25) is 0 Å². The van der Waals surface area contributed by atoms with E-state index >= 15 is 0 Å². The second-order valence-corrected chi connectivity index (χ2v) is 8.12. The first-order valence-electron chi connectivity index (χ1n) is 11.5. The molecule has 5 heteroatoms. The van der Waals surface area contributed by atoms with Crippen LogP contribution in [0.15, 0.2) is 0 Å². The summed E-state index contributed by atoms with van der Waals surface area (Å²) >= 11 is 0. The van der Waals surface area contributed by atoms with Crippen molar-refractivity contribution in [1.29, 1.82) is 0 Å². The van der Waals surface area contributed by atoms with Crippen molar-refractivity contribution in [3.8, 4) is 0 Å². The van der Waals surface area contributed by atoms with Gasteiger partial charge in [0.1, 0.15) is 0 Å². The van der Waals surface area contributed by atoms with Gasteiger partial charge in [0.25, 0.3) is 0 Å². The van der Waals surface area contributed by atoms with Crippen molar-refractivity contribution in [3.05, 3.63) is 0 Å². The highest BCUT2D eigenvalue weighted by Gasteiger charge is 2.45. The molecular formula is C23H44O5. The number of aliphatic hydroxyl groups excluding tert-OH is 2. The summed E-state index contributed by atoms with van der Waals surface area (Å²) < 4.78 is 0. The Morgan fingerprint density at radius 2 is 1.11 bits per heavy atom. The highest BCUT2D eigenvalue weighted by Crippen LogP contribution is 2.20. The van der Waals surface area contributed by atoms with Gasteiger partial charge in [-0.2, -0.15) is 0 Å². The summed E-state index contributed by atoms with van der Waals surface area (Å²) in [6.07, 6.45) is 12.9. The number of ketones is 2. The van der Waals surface area contributed by atoms with Gasteiger partial charge in [-0.1, -0.05) is 90.9 Å². The van der Waals surface area contributed by atoms with Gasteiger partial charge in [-0.3, -0.25) is 9.59 Å². The van der Waals surface area contributed by atoms with Crippen LogP contribution in [0.25, 0.3) is 0 Å². The largest absolute Gasteiger partial charge is 0.393 e. The second kappa shape index (κ2) is 17.1. The number of carbonyl (C=O) groups is 2. The van der Waals surface area contributed by atoms with E-state index in [0.717, 1.165) is 38.5 Å².